The van der Waals surface area contributed by atoms with Gasteiger partial charge in [-0.2, -0.15) is 4.98 Å². The van der Waals surface area contributed by atoms with Gasteiger partial charge in [-0.3, -0.25) is 9.88 Å². The second-order valence-electron chi connectivity index (χ2n) is 5.49. The van der Waals surface area contributed by atoms with E-state index in [9.17, 15) is 0 Å². The molecule has 0 radical (unpaired) electrons. The monoisotopic (exact) mass is 312 g/mol. The second kappa shape index (κ2) is 5.98. The topological polar surface area (TPSA) is 55.1 Å². The van der Waals surface area contributed by atoms with Crippen LogP contribution in [0.4, 0.5) is 0 Å². The summed E-state index contributed by atoms with van der Waals surface area (Å²) in [4.78, 5) is 12.4. The van der Waals surface area contributed by atoms with Gasteiger partial charge >= 0.3 is 0 Å². The highest BCUT2D eigenvalue weighted by molar-refractivity contribution is 7.09. The number of thiophene rings is 1. The quantitative estimate of drug-likeness (QED) is 0.740. The lowest BCUT2D eigenvalue weighted by Crippen LogP contribution is -2.19. The highest BCUT2D eigenvalue weighted by atomic mass is 32.1. The van der Waals surface area contributed by atoms with E-state index in [0.29, 0.717) is 11.7 Å². The number of nitrogens with zero attached hydrogens (tertiary/aromatic N) is 4. The number of hydrogen-bond acceptors (Lipinski definition) is 6. The van der Waals surface area contributed by atoms with Gasteiger partial charge < -0.3 is 4.52 Å². The SMILES string of the molecule is c1csc(CN2CCC(c3nc(-c4ccncc4)no3)C2)c1. The van der Waals surface area contributed by atoms with Crippen molar-refractivity contribution in [3.8, 4) is 11.4 Å². The lowest BCUT2D eigenvalue weighted by Gasteiger charge is -2.13. The molecule has 5 nitrogen and oxygen atoms in total. The maximum Gasteiger partial charge on any atom is 0.231 e. The average molecular weight is 312 g/mol. The van der Waals surface area contributed by atoms with E-state index in [-0.39, 0.29) is 0 Å². The van der Waals surface area contributed by atoms with Crippen molar-refractivity contribution in [2.45, 2.75) is 18.9 Å². The molecule has 1 atom stereocenters. The van der Waals surface area contributed by atoms with Crippen molar-refractivity contribution < 1.29 is 4.52 Å². The fraction of sp³-hybridized carbons (Fsp3) is 0.312. The molecule has 4 rings (SSSR count). The van der Waals surface area contributed by atoms with Crippen LogP contribution >= 0.6 is 11.3 Å². The summed E-state index contributed by atoms with van der Waals surface area (Å²) in [5.74, 6) is 1.73. The molecule has 1 saturated heterocycles. The molecule has 1 aliphatic heterocycles. The van der Waals surface area contributed by atoms with E-state index < -0.39 is 0 Å². The van der Waals surface area contributed by atoms with Crippen LogP contribution in [0.25, 0.3) is 11.4 Å². The Hall–Kier alpha value is -2.05. The average Bonchev–Trinajstić information content (AvgIpc) is 3.30. The Kier molecular flexibility index (Phi) is 3.70. The summed E-state index contributed by atoms with van der Waals surface area (Å²) in [6, 6.07) is 8.08. The lowest BCUT2D eigenvalue weighted by atomic mass is 10.1. The van der Waals surface area contributed by atoms with Crippen LogP contribution in [-0.4, -0.2) is 33.1 Å². The van der Waals surface area contributed by atoms with Gasteiger partial charge in [-0.15, -0.1) is 11.3 Å². The molecule has 0 amide bonds. The third kappa shape index (κ3) is 2.80. The fourth-order valence-corrected chi connectivity index (χ4v) is 3.57. The number of aromatic nitrogens is 3. The van der Waals surface area contributed by atoms with E-state index in [1.807, 2.05) is 23.5 Å². The van der Waals surface area contributed by atoms with Crippen molar-refractivity contribution in [3.05, 3.63) is 52.8 Å². The van der Waals surface area contributed by atoms with Gasteiger partial charge in [0.15, 0.2) is 0 Å². The van der Waals surface area contributed by atoms with Crippen molar-refractivity contribution in [3.63, 3.8) is 0 Å². The molecule has 1 unspecified atom stereocenters. The lowest BCUT2D eigenvalue weighted by molar-refractivity contribution is 0.311. The third-order valence-electron chi connectivity index (χ3n) is 3.96. The van der Waals surface area contributed by atoms with Gasteiger partial charge in [0.05, 0.1) is 5.92 Å². The number of hydrogen-bond donors (Lipinski definition) is 0. The number of likely N-dealkylation sites (tertiary alicyclic amines) is 1. The molecule has 0 aromatic carbocycles. The molecule has 0 aliphatic carbocycles. The first kappa shape index (κ1) is 13.6. The van der Waals surface area contributed by atoms with E-state index in [4.69, 9.17) is 4.52 Å². The van der Waals surface area contributed by atoms with Crippen LogP contribution < -0.4 is 0 Å². The largest absolute Gasteiger partial charge is 0.339 e. The summed E-state index contributed by atoms with van der Waals surface area (Å²) in [6.07, 6.45) is 4.55. The maximum absolute atomic E-state index is 5.48. The molecular weight excluding hydrogens is 296 g/mol. The molecule has 1 aliphatic rings. The van der Waals surface area contributed by atoms with Gasteiger partial charge in [0.1, 0.15) is 0 Å². The first-order valence-electron chi connectivity index (χ1n) is 7.37. The molecular formula is C16H16N4OS. The minimum atomic E-state index is 0.336. The molecule has 0 saturated carbocycles. The van der Waals surface area contributed by atoms with Crippen LogP contribution in [-0.2, 0) is 6.54 Å². The Bertz CT molecular complexity index is 726. The van der Waals surface area contributed by atoms with Gasteiger partial charge in [0, 0.05) is 35.9 Å². The fourth-order valence-electron chi connectivity index (χ4n) is 2.82. The molecule has 0 spiro atoms. The zero-order valence-electron chi connectivity index (χ0n) is 12.1. The van der Waals surface area contributed by atoms with Gasteiger partial charge in [-0.05, 0) is 36.5 Å². The molecule has 112 valence electrons. The summed E-state index contributed by atoms with van der Waals surface area (Å²) >= 11 is 1.81. The van der Waals surface area contributed by atoms with Crippen LogP contribution in [0.3, 0.4) is 0 Å². The maximum atomic E-state index is 5.48. The summed E-state index contributed by atoms with van der Waals surface area (Å²) in [5.41, 5.74) is 0.943. The standard InChI is InChI=1S/C16H16N4OS/c1-2-14(22-9-1)11-20-8-5-13(10-20)16-18-15(19-21-16)12-3-6-17-7-4-12/h1-4,6-7,9,13H,5,8,10-11H2. The van der Waals surface area contributed by atoms with E-state index >= 15 is 0 Å². The van der Waals surface area contributed by atoms with Crippen molar-refractivity contribution in [2.75, 3.05) is 13.1 Å². The van der Waals surface area contributed by atoms with Gasteiger partial charge in [-0.25, -0.2) is 0 Å². The molecule has 6 heteroatoms. The minimum absolute atomic E-state index is 0.336. The second-order valence-corrected chi connectivity index (χ2v) is 6.52. The zero-order valence-corrected chi connectivity index (χ0v) is 12.9. The molecule has 0 N–H and O–H groups in total. The highest BCUT2D eigenvalue weighted by Gasteiger charge is 2.28. The van der Waals surface area contributed by atoms with E-state index in [1.165, 1.54) is 4.88 Å². The molecule has 3 aromatic heterocycles. The molecule has 1 fully saturated rings. The molecule has 3 aromatic rings. The number of rotatable bonds is 4. The van der Waals surface area contributed by atoms with E-state index in [1.54, 1.807) is 12.4 Å². The van der Waals surface area contributed by atoms with Crippen molar-refractivity contribution >= 4 is 11.3 Å². The predicted octanol–water partition coefficient (Wildman–Crippen LogP) is 3.18. The molecule has 22 heavy (non-hydrogen) atoms. The van der Waals surface area contributed by atoms with Crippen LogP contribution in [0.5, 0.6) is 0 Å². The van der Waals surface area contributed by atoms with E-state index in [0.717, 1.165) is 37.5 Å². The predicted molar refractivity (Wildman–Crippen MR) is 84.5 cm³/mol. The highest BCUT2D eigenvalue weighted by Crippen LogP contribution is 2.29. The van der Waals surface area contributed by atoms with Crippen LogP contribution in [0.2, 0.25) is 0 Å². The molecule has 4 heterocycles. The van der Waals surface area contributed by atoms with Crippen molar-refractivity contribution in [1.29, 1.82) is 0 Å². The number of pyridine rings is 1. The summed E-state index contributed by atoms with van der Waals surface area (Å²) in [7, 11) is 0. The normalized spacial score (nSPS) is 18.8. The third-order valence-corrected chi connectivity index (χ3v) is 4.82. The Balaban J connectivity index is 1.44. The van der Waals surface area contributed by atoms with Crippen LogP contribution in [0, 0.1) is 0 Å². The van der Waals surface area contributed by atoms with Crippen molar-refractivity contribution in [1.82, 2.24) is 20.0 Å². The first-order chi connectivity index (χ1) is 10.9. The summed E-state index contributed by atoms with van der Waals surface area (Å²) in [5, 5.41) is 6.23. The van der Waals surface area contributed by atoms with Crippen LogP contribution in [0.15, 0.2) is 46.6 Å². The van der Waals surface area contributed by atoms with Gasteiger partial charge in [0.2, 0.25) is 11.7 Å². The summed E-state index contributed by atoms with van der Waals surface area (Å²) < 4.78 is 5.48. The van der Waals surface area contributed by atoms with Gasteiger partial charge in [-0.1, -0.05) is 11.2 Å². The van der Waals surface area contributed by atoms with Crippen molar-refractivity contribution in [2.24, 2.45) is 0 Å². The Morgan fingerprint density at radius 2 is 2.18 bits per heavy atom. The Labute approximate surface area is 132 Å². The van der Waals surface area contributed by atoms with Crippen LogP contribution in [0.1, 0.15) is 23.1 Å². The van der Waals surface area contributed by atoms with Gasteiger partial charge in [0.25, 0.3) is 0 Å². The summed E-state index contributed by atoms with van der Waals surface area (Å²) in [6.45, 7) is 3.07. The van der Waals surface area contributed by atoms with E-state index in [2.05, 4.69) is 37.5 Å². The zero-order chi connectivity index (χ0) is 14.8. The Morgan fingerprint density at radius 3 is 3.00 bits per heavy atom. The molecule has 0 bridgehead atoms. The first-order valence-corrected chi connectivity index (χ1v) is 8.25. The Morgan fingerprint density at radius 1 is 1.27 bits per heavy atom. The minimum Gasteiger partial charge on any atom is -0.339 e. The smallest absolute Gasteiger partial charge is 0.231 e.